The SMILES string of the molecule is CCc1c[nH+]cc(CC)c1.F[P-](F)(F)(F)(F)F. The fraction of sp³-hybridized carbons (Fsp3) is 0.444. The zero-order valence-electron chi connectivity index (χ0n) is 9.36. The molecule has 0 saturated carbocycles. The molecule has 0 unspecified atom stereocenters. The molecule has 0 radical (unpaired) electrons. The number of halogens is 6. The molecule has 1 nitrogen and oxygen atoms in total. The van der Waals surface area contributed by atoms with Gasteiger partial charge in [-0.05, 0) is 18.9 Å². The minimum atomic E-state index is -10.7. The van der Waals surface area contributed by atoms with Gasteiger partial charge in [-0.15, -0.1) is 0 Å². The Balaban J connectivity index is 0.000000325. The van der Waals surface area contributed by atoms with Crippen molar-refractivity contribution in [3.05, 3.63) is 29.6 Å². The van der Waals surface area contributed by atoms with E-state index in [0.717, 1.165) is 12.8 Å². The van der Waals surface area contributed by atoms with Crippen LogP contribution in [0.25, 0.3) is 0 Å². The summed E-state index contributed by atoms with van der Waals surface area (Å²) in [4.78, 5) is 3.13. The number of hydrogen-bond donors (Lipinski definition) is 0. The van der Waals surface area contributed by atoms with Crippen molar-refractivity contribution < 1.29 is 30.2 Å². The molecule has 0 bridgehead atoms. The van der Waals surface area contributed by atoms with Crippen molar-refractivity contribution in [3.63, 3.8) is 0 Å². The average molecular weight is 281 g/mol. The molecule has 1 rings (SSSR count). The van der Waals surface area contributed by atoms with Crippen LogP contribution < -0.4 is 4.98 Å². The summed E-state index contributed by atoms with van der Waals surface area (Å²) in [5.41, 5.74) is 2.78. The molecule has 0 fully saturated rings. The molecule has 0 saturated heterocycles. The second kappa shape index (κ2) is 4.44. The van der Waals surface area contributed by atoms with Gasteiger partial charge in [0.1, 0.15) is 0 Å². The van der Waals surface area contributed by atoms with Crippen LogP contribution >= 0.6 is 7.81 Å². The van der Waals surface area contributed by atoms with E-state index < -0.39 is 7.81 Å². The van der Waals surface area contributed by atoms with E-state index in [-0.39, 0.29) is 0 Å². The van der Waals surface area contributed by atoms with E-state index in [0.29, 0.717) is 0 Å². The molecule has 0 amide bonds. The molecule has 0 aromatic carbocycles. The van der Waals surface area contributed by atoms with Gasteiger partial charge >= 0.3 is 33.0 Å². The summed E-state index contributed by atoms with van der Waals surface area (Å²) in [6, 6.07) is 2.25. The van der Waals surface area contributed by atoms with Gasteiger partial charge in [0.25, 0.3) is 0 Å². The summed E-state index contributed by atoms with van der Waals surface area (Å²) in [5.74, 6) is 0. The summed E-state index contributed by atoms with van der Waals surface area (Å²) in [5, 5.41) is 0. The summed E-state index contributed by atoms with van der Waals surface area (Å²) >= 11 is 0. The Kier molecular flexibility index (Phi) is 4.22. The van der Waals surface area contributed by atoms with E-state index in [1.165, 1.54) is 11.1 Å². The number of pyridine rings is 1. The number of aromatic amines is 1. The van der Waals surface area contributed by atoms with Gasteiger partial charge in [0.15, 0.2) is 12.4 Å². The first-order valence-electron chi connectivity index (χ1n) is 4.87. The quantitative estimate of drug-likeness (QED) is 0.534. The number of H-pyrrole nitrogens is 1. The standard InChI is InChI=1S/C9H13N.F6P/c1-3-8-5-9(4-2)7-10-6-8;1-7(2,3,4,5)6/h5-7H,3-4H2,1-2H3;/q;-1/p+1. The topological polar surface area (TPSA) is 14.1 Å². The molecule has 1 N–H and O–H groups in total. The molecule has 1 aromatic heterocycles. The summed E-state index contributed by atoms with van der Waals surface area (Å²) in [7, 11) is -10.7. The molecule has 17 heavy (non-hydrogen) atoms. The second-order valence-electron chi connectivity index (χ2n) is 3.41. The molecule has 0 aliphatic rings. The predicted molar refractivity (Wildman–Crippen MR) is 55.3 cm³/mol. The van der Waals surface area contributed by atoms with Crippen LogP contribution in [0.5, 0.6) is 0 Å². The molecule has 1 heterocycles. The Hall–Kier alpha value is -0.840. The first-order valence-corrected chi connectivity index (χ1v) is 6.90. The third-order valence-electron chi connectivity index (χ3n) is 1.72. The van der Waals surface area contributed by atoms with Crippen LogP contribution in [0.2, 0.25) is 0 Å². The van der Waals surface area contributed by atoms with Crippen LogP contribution in [-0.4, -0.2) is 0 Å². The van der Waals surface area contributed by atoms with Crippen molar-refractivity contribution >= 4 is 7.81 Å². The van der Waals surface area contributed by atoms with Crippen molar-refractivity contribution in [1.29, 1.82) is 0 Å². The summed E-state index contributed by atoms with van der Waals surface area (Å²) < 4.78 is 59.2. The van der Waals surface area contributed by atoms with Gasteiger partial charge < -0.3 is 0 Å². The maximum absolute atomic E-state index is 10.7. The zero-order valence-corrected chi connectivity index (χ0v) is 10.3. The molecule has 102 valence electrons. The van der Waals surface area contributed by atoms with Crippen molar-refractivity contribution in [2.75, 3.05) is 0 Å². The summed E-state index contributed by atoms with van der Waals surface area (Å²) in [6.07, 6.45) is 6.34. The van der Waals surface area contributed by atoms with Gasteiger partial charge in [-0.25, -0.2) is 4.98 Å². The normalized spacial score (nSPS) is 15.3. The Labute approximate surface area is 95.1 Å². The molecule has 0 spiro atoms. The third kappa shape index (κ3) is 15.2. The predicted octanol–water partition coefficient (Wildman–Crippen LogP) is 5.01. The Morgan fingerprint density at radius 1 is 0.882 bits per heavy atom. The van der Waals surface area contributed by atoms with Gasteiger partial charge in [-0.2, -0.15) is 0 Å². The van der Waals surface area contributed by atoms with E-state index in [1.54, 1.807) is 0 Å². The van der Waals surface area contributed by atoms with E-state index in [2.05, 4.69) is 37.3 Å². The molecule has 1 aromatic rings. The fourth-order valence-electron chi connectivity index (χ4n) is 0.985. The van der Waals surface area contributed by atoms with Gasteiger partial charge in [0.2, 0.25) is 0 Å². The van der Waals surface area contributed by atoms with E-state index >= 15 is 0 Å². The zero-order chi connectivity index (χ0) is 13.8. The monoisotopic (exact) mass is 281 g/mol. The van der Waals surface area contributed by atoms with Crippen LogP contribution in [0.1, 0.15) is 25.0 Å². The Bertz CT molecular complexity index is 340. The first-order chi connectivity index (χ1) is 7.31. The number of aryl methyl sites for hydroxylation is 2. The number of hydrogen-bond acceptors (Lipinski definition) is 0. The van der Waals surface area contributed by atoms with Gasteiger partial charge in [-0.3, -0.25) is 0 Å². The van der Waals surface area contributed by atoms with E-state index in [9.17, 15) is 25.2 Å². The Morgan fingerprint density at radius 3 is 1.41 bits per heavy atom. The first kappa shape index (κ1) is 16.2. The molecule has 0 aliphatic carbocycles. The van der Waals surface area contributed by atoms with Crippen molar-refractivity contribution in [3.8, 4) is 0 Å². The van der Waals surface area contributed by atoms with Crippen LogP contribution in [0, 0.1) is 0 Å². The van der Waals surface area contributed by atoms with Gasteiger partial charge in [0, 0.05) is 11.1 Å². The van der Waals surface area contributed by atoms with E-state index in [1.807, 2.05) is 0 Å². The van der Waals surface area contributed by atoms with Gasteiger partial charge in [-0.1, -0.05) is 13.8 Å². The third-order valence-corrected chi connectivity index (χ3v) is 1.72. The van der Waals surface area contributed by atoms with Crippen LogP contribution in [0.3, 0.4) is 0 Å². The number of nitrogens with one attached hydrogen (secondary N) is 1. The molecule has 0 aliphatic heterocycles. The van der Waals surface area contributed by atoms with Crippen LogP contribution in [0.15, 0.2) is 18.5 Å². The molecular weight excluding hydrogens is 267 g/mol. The van der Waals surface area contributed by atoms with Gasteiger partial charge in [0.05, 0.1) is 0 Å². The molecular formula is C9H14F6NP. The molecule has 8 heteroatoms. The van der Waals surface area contributed by atoms with Crippen molar-refractivity contribution in [1.82, 2.24) is 0 Å². The minimum absolute atomic E-state index is 1.12. The van der Waals surface area contributed by atoms with Crippen molar-refractivity contribution in [2.45, 2.75) is 26.7 Å². The van der Waals surface area contributed by atoms with Crippen LogP contribution in [-0.2, 0) is 12.8 Å². The van der Waals surface area contributed by atoms with E-state index in [4.69, 9.17) is 0 Å². The molecule has 0 atom stereocenters. The van der Waals surface area contributed by atoms with Crippen molar-refractivity contribution in [2.24, 2.45) is 0 Å². The summed E-state index contributed by atoms with van der Waals surface area (Å²) in [6.45, 7) is 4.34. The maximum atomic E-state index is 9.87. The second-order valence-corrected chi connectivity index (χ2v) is 5.33. The fourth-order valence-corrected chi connectivity index (χ4v) is 0.985. The van der Waals surface area contributed by atoms with Crippen LogP contribution in [0.4, 0.5) is 25.2 Å². The number of rotatable bonds is 2. The Morgan fingerprint density at radius 2 is 1.18 bits per heavy atom. The average Bonchev–Trinajstić information content (AvgIpc) is 2.13. The number of aromatic nitrogens is 1.